The van der Waals surface area contributed by atoms with Gasteiger partial charge in [0.2, 0.25) is 0 Å². The van der Waals surface area contributed by atoms with Crippen LogP contribution in [0.1, 0.15) is 13.8 Å². The Hall–Kier alpha value is -2.31. The molecule has 1 amide bonds. The molecule has 0 radical (unpaired) electrons. The quantitative estimate of drug-likeness (QED) is 0.414. The van der Waals surface area contributed by atoms with Gasteiger partial charge >= 0.3 is 5.97 Å². The number of dihydropyridines is 1. The van der Waals surface area contributed by atoms with Crippen molar-refractivity contribution in [2.24, 2.45) is 5.73 Å². The Balaban J connectivity index is 3.12. The number of carboxylic acid groups (broad SMARTS) is 1. The lowest BCUT2D eigenvalue weighted by Crippen LogP contribution is -2.41. The van der Waals surface area contributed by atoms with Crippen LogP contribution in [0.2, 0.25) is 0 Å². The van der Waals surface area contributed by atoms with Crippen LogP contribution in [0.5, 0.6) is 0 Å². The SMILES string of the molecule is CC1=CC(C(=N)C(N)=O)=C(NCC(=O)O)C(C)N1. The third-order valence-electron chi connectivity index (χ3n) is 2.47. The van der Waals surface area contributed by atoms with Crippen LogP contribution in [0.15, 0.2) is 23.0 Å². The molecular weight excluding hydrogens is 236 g/mol. The maximum absolute atomic E-state index is 11.1. The van der Waals surface area contributed by atoms with Crippen molar-refractivity contribution in [2.75, 3.05) is 6.54 Å². The number of nitrogens with one attached hydrogen (secondary N) is 3. The molecule has 1 unspecified atom stereocenters. The van der Waals surface area contributed by atoms with E-state index in [1.54, 1.807) is 19.9 Å². The molecule has 7 heteroatoms. The van der Waals surface area contributed by atoms with Crippen molar-refractivity contribution in [3.63, 3.8) is 0 Å². The van der Waals surface area contributed by atoms with E-state index in [9.17, 15) is 9.59 Å². The molecule has 0 aromatic rings. The summed E-state index contributed by atoms with van der Waals surface area (Å²) in [6.45, 7) is 3.30. The minimum absolute atomic E-state index is 0.218. The molecule has 1 heterocycles. The number of hydrogen-bond acceptors (Lipinski definition) is 5. The Kier molecular flexibility index (Phi) is 4.09. The largest absolute Gasteiger partial charge is 0.480 e. The van der Waals surface area contributed by atoms with E-state index in [1.165, 1.54) is 0 Å². The maximum Gasteiger partial charge on any atom is 0.322 e. The van der Waals surface area contributed by atoms with Gasteiger partial charge in [-0.1, -0.05) is 0 Å². The van der Waals surface area contributed by atoms with Crippen molar-refractivity contribution in [3.8, 4) is 0 Å². The molecule has 0 saturated heterocycles. The van der Waals surface area contributed by atoms with Crippen molar-refractivity contribution in [2.45, 2.75) is 19.9 Å². The van der Waals surface area contributed by atoms with Gasteiger partial charge in [0, 0.05) is 17.0 Å². The highest BCUT2D eigenvalue weighted by Gasteiger charge is 2.23. The first-order valence-electron chi connectivity index (χ1n) is 5.36. The third kappa shape index (κ3) is 3.09. The van der Waals surface area contributed by atoms with Crippen molar-refractivity contribution in [1.29, 1.82) is 5.41 Å². The first-order chi connectivity index (χ1) is 8.32. The van der Waals surface area contributed by atoms with Gasteiger partial charge in [-0.05, 0) is 19.9 Å². The number of hydrogen-bond donors (Lipinski definition) is 5. The predicted octanol–water partition coefficient (Wildman–Crippen LogP) is -0.685. The lowest BCUT2D eigenvalue weighted by atomic mass is 9.98. The molecule has 0 fully saturated rings. The Morgan fingerprint density at radius 2 is 2.22 bits per heavy atom. The normalized spacial score (nSPS) is 18.8. The second kappa shape index (κ2) is 5.35. The number of primary amides is 1. The first-order valence-corrected chi connectivity index (χ1v) is 5.36. The Morgan fingerprint density at radius 1 is 1.61 bits per heavy atom. The van der Waals surface area contributed by atoms with Crippen LogP contribution in [0.4, 0.5) is 0 Å². The Morgan fingerprint density at radius 3 is 2.72 bits per heavy atom. The lowest BCUT2D eigenvalue weighted by molar-refractivity contribution is -0.135. The van der Waals surface area contributed by atoms with Crippen LogP contribution in [-0.2, 0) is 9.59 Å². The van der Waals surface area contributed by atoms with Gasteiger partial charge in [-0.2, -0.15) is 0 Å². The van der Waals surface area contributed by atoms with Gasteiger partial charge in [0.1, 0.15) is 12.3 Å². The molecule has 18 heavy (non-hydrogen) atoms. The van der Waals surface area contributed by atoms with Gasteiger partial charge in [0.15, 0.2) is 0 Å². The number of carboxylic acids is 1. The molecule has 7 nitrogen and oxygen atoms in total. The molecule has 98 valence electrons. The molecule has 1 atom stereocenters. The molecule has 6 N–H and O–H groups in total. The highest BCUT2D eigenvalue weighted by molar-refractivity contribution is 6.44. The second-order valence-corrected chi connectivity index (χ2v) is 4.01. The highest BCUT2D eigenvalue weighted by atomic mass is 16.4. The van der Waals surface area contributed by atoms with Crippen LogP contribution < -0.4 is 16.4 Å². The fourth-order valence-corrected chi connectivity index (χ4v) is 1.74. The number of allylic oxidation sites excluding steroid dienone is 2. The molecule has 0 saturated carbocycles. The summed E-state index contributed by atoms with van der Waals surface area (Å²) >= 11 is 0. The zero-order chi connectivity index (χ0) is 13.9. The summed E-state index contributed by atoms with van der Waals surface area (Å²) < 4.78 is 0. The summed E-state index contributed by atoms with van der Waals surface area (Å²) in [5.41, 5.74) is 6.33. The summed E-state index contributed by atoms with van der Waals surface area (Å²) in [4.78, 5) is 21.6. The average molecular weight is 252 g/mol. The molecule has 0 aromatic heterocycles. The number of aliphatic carboxylic acids is 1. The van der Waals surface area contributed by atoms with Gasteiger partial charge in [-0.3, -0.25) is 15.0 Å². The molecule has 1 rings (SSSR count). The van der Waals surface area contributed by atoms with Crippen LogP contribution in [0, 0.1) is 5.41 Å². The van der Waals surface area contributed by atoms with Gasteiger partial charge in [-0.15, -0.1) is 0 Å². The van der Waals surface area contributed by atoms with E-state index in [0.29, 0.717) is 11.3 Å². The Labute approximate surface area is 104 Å². The third-order valence-corrected chi connectivity index (χ3v) is 2.47. The van der Waals surface area contributed by atoms with Crippen LogP contribution in [-0.4, -0.2) is 35.3 Å². The van der Waals surface area contributed by atoms with Crippen molar-refractivity contribution in [3.05, 3.63) is 23.0 Å². The fraction of sp³-hybridized carbons (Fsp3) is 0.364. The highest BCUT2D eigenvalue weighted by Crippen LogP contribution is 2.17. The second-order valence-electron chi connectivity index (χ2n) is 4.01. The molecule has 0 bridgehead atoms. The van der Waals surface area contributed by atoms with E-state index in [1.807, 2.05) is 0 Å². The fourth-order valence-electron chi connectivity index (χ4n) is 1.74. The monoisotopic (exact) mass is 252 g/mol. The standard InChI is InChI=1S/C11H16N4O3/c1-5-3-7(9(12)11(13)18)10(6(2)15-5)14-4-8(16)17/h3,6,12,14-15H,4H2,1-2H3,(H2,13,18)(H,16,17). The van der Waals surface area contributed by atoms with E-state index < -0.39 is 11.9 Å². The maximum atomic E-state index is 11.1. The molecule has 0 aliphatic carbocycles. The minimum atomic E-state index is -1.02. The summed E-state index contributed by atoms with van der Waals surface area (Å²) in [5, 5.41) is 22.1. The minimum Gasteiger partial charge on any atom is -0.480 e. The van der Waals surface area contributed by atoms with Crippen molar-refractivity contribution >= 4 is 17.6 Å². The number of nitrogens with two attached hydrogens (primary N) is 1. The van der Waals surface area contributed by atoms with E-state index >= 15 is 0 Å². The molecule has 1 aliphatic heterocycles. The van der Waals surface area contributed by atoms with Crippen LogP contribution >= 0.6 is 0 Å². The number of amides is 1. The number of carbonyl (C=O) groups excluding carboxylic acids is 1. The summed E-state index contributed by atoms with van der Waals surface area (Å²) in [7, 11) is 0. The lowest BCUT2D eigenvalue weighted by Gasteiger charge is -2.27. The molecule has 0 spiro atoms. The Bertz CT molecular complexity index is 465. The van der Waals surface area contributed by atoms with Crippen LogP contribution in [0.25, 0.3) is 0 Å². The zero-order valence-corrected chi connectivity index (χ0v) is 10.2. The molecule has 0 aromatic carbocycles. The van der Waals surface area contributed by atoms with E-state index in [-0.39, 0.29) is 18.3 Å². The van der Waals surface area contributed by atoms with Crippen LogP contribution in [0.3, 0.4) is 0 Å². The summed E-state index contributed by atoms with van der Waals surface area (Å²) in [6.07, 6.45) is 1.59. The van der Waals surface area contributed by atoms with E-state index in [0.717, 1.165) is 5.70 Å². The summed E-state index contributed by atoms with van der Waals surface area (Å²) in [5.74, 6) is -1.87. The number of rotatable bonds is 5. The number of carbonyl (C=O) groups is 2. The molecular formula is C11H16N4O3. The van der Waals surface area contributed by atoms with Gasteiger partial charge in [0.05, 0.1) is 6.04 Å². The zero-order valence-electron chi connectivity index (χ0n) is 10.2. The van der Waals surface area contributed by atoms with Crippen molar-refractivity contribution < 1.29 is 14.7 Å². The van der Waals surface area contributed by atoms with E-state index in [4.69, 9.17) is 16.2 Å². The smallest absolute Gasteiger partial charge is 0.322 e. The van der Waals surface area contributed by atoms with Gasteiger partial charge < -0.3 is 21.5 Å². The van der Waals surface area contributed by atoms with Gasteiger partial charge in [-0.25, -0.2) is 0 Å². The van der Waals surface area contributed by atoms with Gasteiger partial charge in [0.25, 0.3) is 5.91 Å². The summed E-state index contributed by atoms with van der Waals surface area (Å²) in [6, 6.07) is -0.218. The topological polar surface area (TPSA) is 128 Å². The predicted molar refractivity (Wildman–Crippen MR) is 65.9 cm³/mol. The van der Waals surface area contributed by atoms with E-state index in [2.05, 4.69) is 10.6 Å². The molecule has 1 aliphatic rings. The first kappa shape index (κ1) is 13.8. The van der Waals surface area contributed by atoms with Crippen molar-refractivity contribution in [1.82, 2.24) is 10.6 Å². The average Bonchev–Trinajstić information content (AvgIpc) is 2.25.